The molecule has 0 N–H and O–H groups in total. The largest absolute Gasteiger partial charge is 0.462 e. The van der Waals surface area contributed by atoms with Crippen molar-refractivity contribution in [1.29, 1.82) is 5.26 Å². The van der Waals surface area contributed by atoms with Gasteiger partial charge in [-0.05, 0) is 38.9 Å². The lowest BCUT2D eigenvalue weighted by molar-refractivity contribution is -0.131. The van der Waals surface area contributed by atoms with Gasteiger partial charge in [0.05, 0.1) is 41.2 Å². The van der Waals surface area contributed by atoms with Crippen molar-refractivity contribution in [3.8, 4) is 12.1 Å². The Hall–Kier alpha value is -3.82. The predicted molar refractivity (Wildman–Crippen MR) is 158 cm³/mol. The van der Waals surface area contributed by atoms with E-state index in [0.717, 1.165) is 46.8 Å². The fraction of sp³-hybridized carbons (Fsp3) is 0.467. The number of aromatic nitrogens is 2. The Balaban J connectivity index is 1.32. The summed E-state index contributed by atoms with van der Waals surface area (Å²) in [5.41, 5.74) is 2.80. The summed E-state index contributed by atoms with van der Waals surface area (Å²) < 4.78 is 35.2. The lowest BCUT2D eigenvalue weighted by Gasteiger charge is -2.42. The summed E-state index contributed by atoms with van der Waals surface area (Å²) in [4.78, 5) is 30.2. The number of carbonyl (C=O) groups is 1. The summed E-state index contributed by atoms with van der Waals surface area (Å²) in [6, 6.07) is 7.91. The predicted octanol–water partition coefficient (Wildman–Crippen LogP) is 4.28. The molecule has 2 aromatic heterocycles. The van der Waals surface area contributed by atoms with E-state index in [1.165, 1.54) is 16.2 Å². The van der Waals surface area contributed by atoms with Gasteiger partial charge in [-0.2, -0.15) is 15.2 Å². The molecule has 12 heteroatoms. The number of anilines is 2. The van der Waals surface area contributed by atoms with Crippen LogP contribution in [-0.2, 0) is 17.8 Å². The molecule has 3 aliphatic rings. The quantitative estimate of drug-likeness (QED) is 0.375. The van der Waals surface area contributed by atoms with Crippen LogP contribution < -0.4 is 14.5 Å². The van der Waals surface area contributed by atoms with E-state index < -0.39 is 17.8 Å². The third kappa shape index (κ3) is 5.39. The number of likely N-dealkylation sites (N-methyl/N-ethyl adjacent to an activating group) is 1. The molecule has 3 aromatic rings. The maximum atomic E-state index is 14.4. The second-order valence-electron chi connectivity index (χ2n) is 11.1. The summed E-state index contributed by atoms with van der Waals surface area (Å²) in [7, 11) is 2.09. The average Bonchev–Trinajstić information content (AvgIpc) is 3.59. The van der Waals surface area contributed by atoms with E-state index in [-0.39, 0.29) is 18.8 Å². The van der Waals surface area contributed by atoms with Crippen LogP contribution in [0.2, 0.25) is 0 Å². The molecule has 0 aliphatic carbocycles. The van der Waals surface area contributed by atoms with Crippen LogP contribution >= 0.6 is 11.3 Å². The third-order valence-corrected chi connectivity index (χ3v) is 9.56. The Morgan fingerprint density at radius 1 is 1.21 bits per heavy atom. The van der Waals surface area contributed by atoms with Crippen LogP contribution in [0.5, 0.6) is 6.01 Å². The second-order valence-corrected chi connectivity index (χ2v) is 12.0. The van der Waals surface area contributed by atoms with Crippen LogP contribution in [0, 0.1) is 17.1 Å². The van der Waals surface area contributed by atoms with Gasteiger partial charge in [-0.3, -0.25) is 4.79 Å². The number of benzene rings is 1. The smallest absolute Gasteiger partial charge is 0.318 e. The van der Waals surface area contributed by atoms with Crippen molar-refractivity contribution >= 4 is 38.8 Å². The Bertz CT molecular complexity index is 1560. The van der Waals surface area contributed by atoms with Gasteiger partial charge in [0.25, 0.3) is 5.91 Å². The van der Waals surface area contributed by atoms with Crippen molar-refractivity contribution in [2.75, 3.05) is 56.2 Å². The molecule has 5 heterocycles. The molecule has 42 heavy (non-hydrogen) atoms. The summed E-state index contributed by atoms with van der Waals surface area (Å²) in [5, 5.41) is 11.6. The SMILES string of the molecule is C=C(F)C(=O)N1CCN(c2nc(OC[C@@H]3CCCN3C)nc3c2CCN(c2cccc4c(F)csc24)C3)C[C@@H]1CC#N. The second kappa shape index (κ2) is 11.8. The molecule has 2 atom stereocenters. The Morgan fingerprint density at radius 2 is 2.07 bits per heavy atom. The van der Waals surface area contributed by atoms with Gasteiger partial charge in [0.15, 0.2) is 5.83 Å². The summed E-state index contributed by atoms with van der Waals surface area (Å²) in [5.74, 6) is -1.30. The van der Waals surface area contributed by atoms with E-state index in [0.29, 0.717) is 56.6 Å². The molecule has 1 amide bonds. The number of rotatable bonds is 7. The highest BCUT2D eigenvalue weighted by atomic mass is 32.1. The molecular formula is C30H33F2N7O2S. The van der Waals surface area contributed by atoms with Crippen molar-refractivity contribution < 1.29 is 18.3 Å². The van der Waals surface area contributed by atoms with Crippen molar-refractivity contribution in [1.82, 2.24) is 19.8 Å². The summed E-state index contributed by atoms with van der Waals surface area (Å²) in [6.45, 7) is 6.86. The number of piperazine rings is 1. The zero-order chi connectivity index (χ0) is 29.4. The number of likely N-dealkylation sites (tertiary alicyclic amines) is 1. The first-order chi connectivity index (χ1) is 20.3. The molecule has 3 aliphatic heterocycles. The number of amides is 1. The van der Waals surface area contributed by atoms with E-state index in [1.807, 2.05) is 12.1 Å². The van der Waals surface area contributed by atoms with E-state index in [4.69, 9.17) is 14.7 Å². The Kier molecular flexibility index (Phi) is 7.96. The minimum absolute atomic E-state index is 0.0648. The lowest BCUT2D eigenvalue weighted by atomic mass is 10.0. The fourth-order valence-electron chi connectivity index (χ4n) is 6.29. The van der Waals surface area contributed by atoms with Crippen LogP contribution in [0.15, 0.2) is 36.0 Å². The van der Waals surface area contributed by atoms with Crippen molar-refractivity contribution in [2.45, 2.75) is 44.3 Å². The molecule has 6 rings (SSSR count). The van der Waals surface area contributed by atoms with E-state index >= 15 is 0 Å². The van der Waals surface area contributed by atoms with Crippen LogP contribution in [0.25, 0.3) is 10.1 Å². The standard InChI is InChI=1S/C30H33F2N7O2S/c1-19(31)29(40)39-14-13-38(15-20(39)8-10-33)28-23-9-12-37(26-7-3-6-22-24(32)18-42-27(22)26)16-25(23)34-30(35-28)41-17-21-5-4-11-36(21)2/h3,6-7,18,20-21H,1,4-5,8-9,11-17H2,2H3/t20-,21-/m0/s1. The van der Waals surface area contributed by atoms with Gasteiger partial charge in [-0.15, -0.1) is 11.3 Å². The number of carbonyl (C=O) groups excluding carboxylic acids is 1. The normalized spacial score (nSPS) is 21.0. The number of halogens is 2. The molecule has 0 spiro atoms. The topological polar surface area (TPSA) is 88.8 Å². The molecule has 220 valence electrons. The summed E-state index contributed by atoms with van der Waals surface area (Å²) >= 11 is 1.40. The summed E-state index contributed by atoms with van der Waals surface area (Å²) in [6.07, 6.45) is 2.90. The third-order valence-electron chi connectivity index (χ3n) is 8.57. The van der Waals surface area contributed by atoms with Gasteiger partial charge in [-0.25, -0.2) is 8.78 Å². The van der Waals surface area contributed by atoms with E-state index in [9.17, 15) is 18.8 Å². The minimum atomic E-state index is -1.03. The number of hydrogen-bond donors (Lipinski definition) is 0. The van der Waals surface area contributed by atoms with Gasteiger partial charge in [-0.1, -0.05) is 18.7 Å². The zero-order valence-electron chi connectivity index (χ0n) is 23.6. The highest BCUT2D eigenvalue weighted by Crippen LogP contribution is 2.37. The monoisotopic (exact) mass is 593 g/mol. The highest BCUT2D eigenvalue weighted by Gasteiger charge is 2.35. The van der Waals surface area contributed by atoms with Gasteiger partial charge in [0, 0.05) is 48.6 Å². The first kappa shape index (κ1) is 28.3. The van der Waals surface area contributed by atoms with Crippen molar-refractivity contribution in [3.63, 3.8) is 0 Å². The highest BCUT2D eigenvalue weighted by molar-refractivity contribution is 7.17. The number of ether oxygens (including phenoxy) is 1. The van der Waals surface area contributed by atoms with Gasteiger partial charge < -0.3 is 24.3 Å². The molecule has 1 aromatic carbocycles. The Morgan fingerprint density at radius 3 is 2.83 bits per heavy atom. The van der Waals surface area contributed by atoms with E-state index in [2.05, 4.69) is 34.4 Å². The minimum Gasteiger partial charge on any atom is -0.462 e. The first-order valence-corrected chi connectivity index (χ1v) is 15.1. The van der Waals surface area contributed by atoms with Gasteiger partial charge in [0.1, 0.15) is 18.2 Å². The first-order valence-electron chi connectivity index (χ1n) is 14.2. The van der Waals surface area contributed by atoms with Gasteiger partial charge >= 0.3 is 6.01 Å². The molecule has 2 fully saturated rings. The maximum Gasteiger partial charge on any atom is 0.318 e. The van der Waals surface area contributed by atoms with Crippen molar-refractivity contribution in [3.05, 3.63) is 53.1 Å². The molecule has 0 saturated carbocycles. The average molecular weight is 594 g/mol. The zero-order valence-corrected chi connectivity index (χ0v) is 24.4. The fourth-order valence-corrected chi connectivity index (χ4v) is 7.25. The molecule has 0 unspecified atom stereocenters. The lowest BCUT2D eigenvalue weighted by Crippen LogP contribution is -2.55. The molecular weight excluding hydrogens is 560 g/mol. The number of hydrogen-bond acceptors (Lipinski definition) is 9. The molecule has 9 nitrogen and oxygen atoms in total. The van der Waals surface area contributed by atoms with Crippen LogP contribution in [-0.4, -0.2) is 84.1 Å². The molecule has 2 saturated heterocycles. The van der Waals surface area contributed by atoms with Crippen molar-refractivity contribution in [2.24, 2.45) is 0 Å². The molecule has 0 radical (unpaired) electrons. The Labute approximate surface area is 247 Å². The molecule has 0 bridgehead atoms. The number of nitrogens with zero attached hydrogens (tertiary/aromatic N) is 7. The van der Waals surface area contributed by atoms with Crippen LogP contribution in [0.1, 0.15) is 30.5 Å². The van der Waals surface area contributed by atoms with Crippen LogP contribution in [0.3, 0.4) is 0 Å². The van der Waals surface area contributed by atoms with Gasteiger partial charge in [0.2, 0.25) is 0 Å². The number of fused-ring (bicyclic) bond motifs is 2. The maximum absolute atomic E-state index is 14.4. The number of nitriles is 1. The number of thiophene rings is 1. The van der Waals surface area contributed by atoms with E-state index in [1.54, 1.807) is 11.4 Å². The van der Waals surface area contributed by atoms with Crippen LogP contribution in [0.4, 0.5) is 20.3 Å².